The maximum absolute atomic E-state index is 13.4. The Bertz CT molecular complexity index is 1520. The third-order valence-electron chi connectivity index (χ3n) is 8.31. The van der Waals surface area contributed by atoms with Gasteiger partial charge in [0.2, 0.25) is 10.0 Å². The van der Waals surface area contributed by atoms with E-state index >= 15 is 0 Å². The minimum absolute atomic E-state index is 0.0328. The summed E-state index contributed by atoms with van der Waals surface area (Å²) in [5.74, 6) is -2.46. The highest BCUT2D eigenvalue weighted by atomic mass is 32.2. The second kappa shape index (κ2) is 10.8. The van der Waals surface area contributed by atoms with Crippen LogP contribution in [0.3, 0.4) is 0 Å². The standard InChI is InChI=1S/C29H31F4N3O3S/c1-28-15-22-16-34-36(26-10-8-25(30)9-11-26)27(22)14-23(28)6-7-24(28)17-35(40(38,39)19-29(31,32)33)13-12-20-4-2-3-5-21(20)18-37/h2-5,8-11,14,16,24,37H,6-7,12-13,15,17-19H2,1H3/t24-,28+/m1/s1. The van der Waals surface area contributed by atoms with Crippen molar-refractivity contribution in [2.24, 2.45) is 11.3 Å². The Morgan fingerprint density at radius 3 is 2.50 bits per heavy atom. The molecule has 1 saturated carbocycles. The minimum atomic E-state index is -4.86. The smallest absolute Gasteiger partial charge is 0.392 e. The van der Waals surface area contributed by atoms with Crippen LogP contribution in [0.5, 0.6) is 0 Å². The monoisotopic (exact) mass is 577 g/mol. The number of fused-ring (bicyclic) bond motifs is 2. The quantitative estimate of drug-likeness (QED) is 0.351. The highest BCUT2D eigenvalue weighted by Crippen LogP contribution is 2.53. The summed E-state index contributed by atoms with van der Waals surface area (Å²) in [5, 5.41) is 14.1. The number of aliphatic hydroxyl groups excluding tert-OH is 1. The zero-order valence-corrected chi connectivity index (χ0v) is 22.8. The Kier molecular flexibility index (Phi) is 7.66. The van der Waals surface area contributed by atoms with Crippen molar-refractivity contribution in [2.45, 2.75) is 45.4 Å². The number of nitrogens with zero attached hydrogens (tertiary/aromatic N) is 3. The average molecular weight is 578 g/mol. The molecular formula is C29H31F4N3O3S. The van der Waals surface area contributed by atoms with Gasteiger partial charge in [0.05, 0.1) is 24.2 Å². The molecular weight excluding hydrogens is 546 g/mol. The summed E-state index contributed by atoms with van der Waals surface area (Å²) in [6, 6.07) is 13.0. The van der Waals surface area contributed by atoms with Crippen molar-refractivity contribution in [3.8, 4) is 5.69 Å². The lowest BCUT2D eigenvalue weighted by Gasteiger charge is -2.38. The highest BCUT2D eigenvalue weighted by Gasteiger charge is 2.48. The van der Waals surface area contributed by atoms with Crippen LogP contribution < -0.4 is 0 Å². The van der Waals surface area contributed by atoms with E-state index in [2.05, 4.69) is 5.10 Å². The largest absolute Gasteiger partial charge is 0.404 e. The predicted molar refractivity (Wildman–Crippen MR) is 144 cm³/mol. The van der Waals surface area contributed by atoms with Crippen LogP contribution in [0.2, 0.25) is 0 Å². The Balaban J connectivity index is 1.41. The van der Waals surface area contributed by atoms with Crippen LogP contribution in [0.1, 0.15) is 42.1 Å². The van der Waals surface area contributed by atoms with Gasteiger partial charge in [0.1, 0.15) is 5.82 Å². The normalized spacial score (nSPS) is 20.9. The van der Waals surface area contributed by atoms with Crippen LogP contribution >= 0.6 is 0 Å². The van der Waals surface area contributed by atoms with Crippen molar-refractivity contribution in [3.63, 3.8) is 0 Å². The molecule has 11 heteroatoms. The third kappa shape index (κ3) is 5.73. The van der Waals surface area contributed by atoms with Gasteiger partial charge in [0.15, 0.2) is 5.75 Å². The number of benzene rings is 2. The van der Waals surface area contributed by atoms with Gasteiger partial charge in [-0.15, -0.1) is 0 Å². The number of aliphatic hydroxyl groups is 1. The molecule has 2 aromatic carbocycles. The summed E-state index contributed by atoms with van der Waals surface area (Å²) < 4.78 is 82.2. The molecule has 1 heterocycles. The van der Waals surface area contributed by atoms with E-state index in [4.69, 9.17) is 0 Å². The van der Waals surface area contributed by atoms with Gasteiger partial charge in [-0.3, -0.25) is 0 Å². The fourth-order valence-electron chi connectivity index (χ4n) is 6.10. The van der Waals surface area contributed by atoms with E-state index in [-0.39, 0.29) is 37.9 Å². The van der Waals surface area contributed by atoms with Crippen molar-refractivity contribution in [1.29, 1.82) is 0 Å². The van der Waals surface area contributed by atoms with Gasteiger partial charge in [-0.1, -0.05) is 36.8 Å². The molecule has 1 fully saturated rings. The second-order valence-electron chi connectivity index (χ2n) is 10.8. The molecule has 2 aliphatic carbocycles. The Labute approximate surface area is 231 Å². The van der Waals surface area contributed by atoms with Gasteiger partial charge >= 0.3 is 6.18 Å². The summed E-state index contributed by atoms with van der Waals surface area (Å²) in [5.41, 5.74) is 4.51. The fraction of sp³-hybridized carbons (Fsp3) is 0.414. The molecule has 2 atom stereocenters. The molecule has 0 aliphatic heterocycles. The number of hydrogen-bond donors (Lipinski definition) is 1. The van der Waals surface area contributed by atoms with Crippen molar-refractivity contribution >= 4 is 16.1 Å². The van der Waals surface area contributed by atoms with E-state index in [1.807, 2.05) is 13.0 Å². The lowest BCUT2D eigenvalue weighted by atomic mass is 9.70. The summed E-state index contributed by atoms with van der Waals surface area (Å²) >= 11 is 0. The topological polar surface area (TPSA) is 75.4 Å². The molecule has 0 bridgehead atoms. The van der Waals surface area contributed by atoms with Gasteiger partial charge in [-0.2, -0.15) is 18.3 Å². The van der Waals surface area contributed by atoms with Gasteiger partial charge < -0.3 is 5.11 Å². The molecule has 0 amide bonds. The molecule has 1 N–H and O–H groups in total. The molecule has 0 radical (unpaired) electrons. The van der Waals surface area contributed by atoms with Crippen LogP contribution in [0, 0.1) is 17.2 Å². The summed E-state index contributed by atoms with van der Waals surface area (Å²) in [6.45, 7) is 1.66. The summed E-state index contributed by atoms with van der Waals surface area (Å²) in [6.07, 6.45) is 1.02. The van der Waals surface area contributed by atoms with Crippen molar-refractivity contribution in [1.82, 2.24) is 14.1 Å². The highest BCUT2D eigenvalue weighted by molar-refractivity contribution is 7.89. The van der Waals surface area contributed by atoms with Crippen LogP contribution in [-0.4, -0.2) is 52.6 Å². The molecule has 0 saturated heterocycles. The lowest BCUT2D eigenvalue weighted by molar-refractivity contribution is -0.107. The maximum Gasteiger partial charge on any atom is 0.404 e. The third-order valence-corrected chi connectivity index (χ3v) is 10.1. The van der Waals surface area contributed by atoms with Crippen molar-refractivity contribution in [2.75, 3.05) is 18.8 Å². The molecule has 5 rings (SSSR count). The van der Waals surface area contributed by atoms with Crippen molar-refractivity contribution in [3.05, 3.63) is 88.5 Å². The van der Waals surface area contributed by atoms with E-state index < -0.39 is 27.4 Å². The number of allylic oxidation sites excluding steroid dienone is 1. The van der Waals surface area contributed by atoms with Crippen LogP contribution in [0.25, 0.3) is 11.8 Å². The fourth-order valence-corrected chi connectivity index (χ4v) is 7.48. The first-order valence-corrected chi connectivity index (χ1v) is 14.8. The number of hydrogen-bond acceptors (Lipinski definition) is 4. The Hall–Kier alpha value is -3.02. The molecule has 40 heavy (non-hydrogen) atoms. The van der Waals surface area contributed by atoms with E-state index in [0.29, 0.717) is 36.1 Å². The minimum Gasteiger partial charge on any atom is -0.392 e. The maximum atomic E-state index is 13.4. The van der Waals surface area contributed by atoms with E-state index in [9.17, 15) is 31.1 Å². The molecule has 2 aliphatic rings. The van der Waals surface area contributed by atoms with Crippen molar-refractivity contribution < 1.29 is 31.1 Å². The van der Waals surface area contributed by atoms with E-state index in [1.54, 1.807) is 47.3 Å². The first-order valence-electron chi connectivity index (χ1n) is 13.2. The molecule has 3 aromatic rings. The molecule has 0 spiro atoms. The zero-order valence-electron chi connectivity index (χ0n) is 22.0. The second-order valence-corrected chi connectivity index (χ2v) is 12.8. The molecule has 6 nitrogen and oxygen atoms in total. The molecule has 0 unspecified atom stereocenters. The van der Waals surface area contributed by atoms with Gasteiger partial charge in [0.25, 0.3) is 0 Å². The van der Waals surface area contributed by atoms with Gasteiger partial charge in [-0.25, -0.2) is 21.8 Å². The SMILES string of the molecule is C[C@]12Cc3cnn(-c4ccc(F)cc4)c3C=C1CC[C@@H]2CN(CCc1ccccc1CO)S(=O)(=O)CC(F)(F)F. The number of alkyl halides is 3. The number of rotatable bonds is 9. The van der Waals surface area contributed by atoms with Crippen LogP contribution in [-0.2, 0) is 29.5 Å². The summed E-state index contributed by atoms with van der Waals surface area (Å²) in [4.78, 5) is 0. The predicted octanol–water partition coefficient (Wildman–Crippen LogP) is 5.30. The Morgan fingerprint density at radius 2 is 1.82 bits per heavy atom. The van der Waals surface area contributed by atoms with Gasteiger partial charge in [0, 0.05) is 13.1 Å². The number of aromatic nitrogens is 2. The summed E-state index contributed by atoms with van der Waals surface area (Å²) in [7, 11) is -4.64. The molecule has 1 aromatic heterocycles. The van der Waals surface area contributed by atoms with E-state index in [1.165, 1.54) is 12.1 Å². The first-order chi connectivity index (χ1) is 18.9. The molecule has 214 valence electrons. The number of sulfonamides is 1. The number of halogens is 4. The van der Waals surface area contributed by atoms with Gasteiger partial charge in [-0.05, 0) is 84.0 Å². The zero-order chi connectivity index (χ0) is 28.7. The lowest BCUT2D eigenvalue weighted by Crippen LogP contribution is -2.44. The average Bonchev–Trinajstić information content (AvgIpc) is 3.43. The van der Waals surface area contributed by atoms with E-state index in [0.717, 1.165) is 21.1 Å². The van der Waals surface area contributed by atoms with Crippen LogP contribution in [0.4, 0.5) is 17.6 Å². The first kappa shape index (κ1) is 28.5. The Morgan fingerprint density at radius 1 is 1.12 bits per heavy atom. The van der Waals surface area contributed by atoms with Crippen LogP contribution in [0.15, 0.2) is 60.3 Å².